The number of sulfonamides is 1. The van der Waals surface area contributed by atoms with Gasteiger partial charge < -0.3 is 15.0 Å². The summed E-state index contributed by atoms with van der Waals surface area (Å²) >= 11 is 0. The molecule has 0 aromatic heterocycles. The van der Waals surface area contributed by atoms with E-state index in [1.165, 1.54) is 6.07 Å². The Hall–Kier alpha value is -1.48. The largest absolute Gasteiger partial charge is 0.462 e. The van der Waals surface area contributed by atoms with Crippen molar-refractivity contribution in [1.29, 1.82) is 0 Å². The molecule has 1 fully saturated rings. The van der Waals surface area contributed by atoms with Gasteiger partial charge in [0.2, 0.25) is 10.0 Å². The Bertz CT molecular complexity index is 685. The van der Waals surface area contributed by atoms with Crippen molar-refractivity contribution >= 4 is 16.0 Å². The second-order valence-corrected chi connectivity index (χ2v) is 7.78. The van der Waals surface area contributed by atoms with Gasteiger partial charge in [0.15, 0.2) is 0 Å². The lowest BCUT2D eigenvalue weighted by molar-refractivity contribution is 0.0526. The average molecular weight is 369 g/mol. The number of esters is 1. The van der Waals surface area contributed by atoms with Gasteiger partial charge in [0.1, 0.15) is 0 Å². The SMILES string of the molecule is CCOC(=O)c1ccc(C)c(S(=O)(=O)NCCCN2CCNCC2)c1. The van der Waals surface area contributed by atoms with Crippen LogP contribution in [0.3, 0.4) is 0 Å². The molecular weight excluding hydrogens is 342 g/mol. The zero-order valence-corrected chi connectivity index (χ0v) is 15.7. The molecule has 2 N–H and O–H groups in total. The Morgan fingerprint density at radius 3 is 2.72 bits per heavy atom. The topological polar surface area (TPSA) is 87.7 Å². The molecule has 0 unspecified atom stereocenters. The Morgan fingerprint density at radius 1 is 1.32 bits per heavy atom. The molecule has 1 heterocycles. The van der Waals surface area contributed by atoms with Crippen LogP contribution in [-0.2, 0) is 14.8 Å². The monoisotopic (exact) mass is 369 g/mol. The lowest BCUT2D eigenvalue weighted by Crippen LogP contribution is -2.44. The maximum absolute atomic E-state index is 12.5. The Balaban J connectivity index is 1.95. The molecule has 25 heavy (non-hydrogen) atoms. The molecule has 1 aliphatic heterocycles. The standard InChI is InChI=1S/C17H27N3O4S/c1-3-24-17(21)15-6-5-14(2)16(13-15)25(22,23)19-7-4-10-20-11-8-18-9-12-20/h5-6,13,18-19H,3-4,7-12H2,1-2H3. The number of nitrogens with one attached hydrogen (secondary N) is 2. The van der Waals surface area contributed by atoms with Gasteiger partial charge >= 0.3 is 5.97 Å². The molecule has 2 rings (SSSR count). The zero-order chi connectivity index (χ0) is 18.3. The summed E-state index contributed by atoms with van der Waals surface area (Å²) in [6.45, 7) is 8.85. The molecule has 1 saturated heterocycles. The molecule has 7 nitrogen and oxygen atoms in total. The summed E-state index contributed by atoms with van der Waals surface area (Å²) < 4.78 is 32.7. The minimum atomic E-state index is -3.65. The van der Waals surface area contributed by atoms with Gasteiger partial charge in [-0.2, -0.15) is 0 Å². The van der Waals surface area contributed by atoms with E-state index < -0.39 is 16.0 Å². The second kappa shape index (κ2) is 9.28. The van der Waals surface area contributed by atoms with E-state index in [4.69, 9.17) is 4.74 Å². The molecule has 8 heteroatoms. The number of piperazine rings is 1. The predicted molar refractivity (Wildman–Crippen MR) is 96.3 cm³/mol. The van der Waals surface area contributed by atoms with E-state index in [1.54, 1.807) is 26.0 Å². The Labute approximate surface area is 149 Å². The highest BCUT2D eigenvalue weighted by Gasteiger charge is 2.19. The molecule has 1 aromatic carbocycles. The quantitative estimate of drug-likeness (QED) is 0.519. The van der Waals surface area contributed by atoms with E-state index in [9.17, 15) is 13.2 Å². The van der Waals surface area contributed by atoms with Crippen LogP contribution in [0.15, 0.2) is 23.1 Å². The maximum Gasteiger partial charge on any atom is 0.338 e. The summed E-state index contributed by atoms with van der Waals surface area (Å²) in [5, 5.41) is 3.29. The molecule has 0 saturated carbocycles. The van der Waals surface area contributed by atoms with Crippen molar-refractivity contribution in [3.05, 3.63) is 29.3 Å². The molecule has 1 aromatic rings. The van der Waals surface area contributed by atoms with Crippen LogP contribution in [0.25, 0.3) is 0 Å². The number of aryl methyl sites for hydroxylation is 1. The summed E-state index contributed by atoms with van der Waals surface area (Å²) in [6.07, 6.45) is 0.746. The first-order chi connectivity index (χ1) is 11.9. The molecule has 0 aliphatic carbocycles. The number of ether oxygens (including phenoxy) is 1. The average Bonchev–Trinajstić information content (AvgIpc) is 2.60. The van der Waals surface area contributed by atoms with Crippen molar-refractivity contribution in [2.75, 3.05) is 45.9 Å². The number of carbonyl (C=O) groups is 1. The van der Waals surface area contributed by atoms with Crippen molar-refractivity contribution in [2.45, 2.75) is 25.2 Å². The number of carbonyl (C=O) groups excluding carboxylic acids is 1. The highest BCUT2D eigenvalue weighted by atomic mass is 32.2. The van der Waals surface area contributed by atoms with E-state index in [-0.39, 0.29) is 17.1 Å². The van der Waals surface area contributed by atoms with Crippen molar-refractivity contribution in [3.8, 4) is 0 Å². The van der Waals surface area contributed by atoms with Crippen molar-refractivity contribution < 1.29 is 17.9 Å². The van der Waals surface area contributed by atoms with Gasteiger partial charge in [0.25, 0.3) is 0 Å². The second-order valence-electron chi connectivity index (χ2n) is 6.04. The lowest BCUT2D eigenvalue weighted by Gasteiger charge is -2.27. The van der Waals surface area contributed by atoms with Crippen LogP contribution in [0.4, 0.5) is 0 Å². The minimum Gasteiger partial charge on any atom is -0.462 e. The Morgan fingerprint density at radius 2 is 2.04 bits per heavy atom. The third kappa shape index (κ3) is 5.78. The predicted octanol–water partition coefficient (Wildman–Crippen LogP) is 0.745. The summed E-state index contributed by atoms with van der Waals surface area (Å²) in [4.78, 5) is 14.3. The summed E-state index contributed by atoms with van der Waals surface area (Å²) in [6, 6.07) is 4.59. The normalized spacial score (nSPS) is 15.9. The summed E-state index contributed by atoms with van der Waals surface area (Å²) in [7, 11) is -3.65. The van der Waals surface area contributed by atoms with Crippen LogP contribution in [-0.4, -0.2) is 65.2 Å². The van der Waals surface area contributed by atoms with E-state index in [0.29, 0.717) is 12.1 Å². The summed E-state index contributed by atoms with van der Waals surface area (Å²) in [5.74, 6) is -0.516. The molecule has 0 amide bonds. The van der Waals surface area contributed by atoms with Gasteiger partial charge in [-0.3, -0.25) is 0 Å². The number of hydrogen-bond acceptors (Lipinski definition) is 6. The van der Waals surface area contributed by atoms with E-state index in [0.717, 1.165) is 39.1 Å². The molecule has 0 atom stereocenters. The zero-order valence-electron chi connectivity index (χ0n) is 14.9. The van der Waals surface area contributed by atoms with Crippen LogP contribution in [0.5, 0.6) is 0 Å². The number of rotatable bonds is 8. The number of benzene rings is 1. The third-order valence-electron chi connectivity index (χ3n) is 4.14. The first-order valence-corrected chi connectivity index (χ1v) is 10.1. The number of nitrogens with zero attached hydrogens (tertiary/aromatic N) is 1. The van der Waals surface area contributed by atoms with E-state index >= 15 is 0 Å². The van der Waals surface area contributed by atoms with Gasteiger partial charge in [-0.25, -0.2) is 17.9 Å². The van der Waals surface area contributed by atoms with E-state index in [2.05, 4.69) is 14.9 Å². The van der Waals surface area contributed by atoms with Crippen LogP contribution in [0, 0.1) is 6.92 Å². The molecule has 0 spiro atoms. The molecular formula is C17H27N3O4S. The number of hydrogen-bond donors (Lipinski definition) is 2. The van der Waals surface area contributed by atoms with Crippen LogP contribution >= 0.6 is 0 Å². The van der Waals surface area contributed by atoms with Crippen molar-refractivity contribution in [2.24, 2.45) is 0 Å². The highest BCUT2D eigenvalue weighted by molar-refractivity contribution is 7.89. The van der Waals surface area contributed by atoms with Crippen LogP contribution in [0.1, 0.15) is 29.3 Å². The summed E-state index contributed by atoms with van der Waals surface area (Å²) in [5.41, 5.74) is 0.844. The van der Waals surface area contributed by atoms with Gasteiger partial charge in [0, 0.05) is 32.7 Å². The van der Waals surface area contributed by atoms with E-state index in [1.807, 2.05) is 0 Å². The fraction of sp³-hybridized carbons (Fsp3) is 0.588. The lowest BCUT2D eigenvalue weighted by atomic mass is 10.1. The van der Waals surface area contributed by atoms with Gasteiger partial charge in [-0.15, -0.1) is 0 Å². The van der Waals surface area contributed by atoms with Gasteiger partial charge in [0.05, 0.1) is 17.1 Å². The smallest absolute Gasteiger partial charge is 0.338 e. The van der Waals surface area contributed by atoms with Crippen molar-refractivity contribution in [3.63, 3.8) is 0 Å². The molecule has 0 bridgehead atoms. The molecule has 0 radical (unpaired) electrons. The van der Waals surface area contributed by atoms with Crippen LogP contribution in [0.2, 0.25) is 0 Å². The fourth-order valence-corrected chi connectivity index (χ4v) is 4.10. The minimum absolute atomic E-state index is 0.125. The van der Waals surface area contributed by atoms with Crippen molar-refractivity contribution in [1.82, 2.24) is 14.9 Å². The maximum atomic E-state index is 12.5. The molecule has 1 aliphatic rings. The van der Waals surface area contributed by atoms with Gasteiger partial charge in [-0.05, 0) is 44.5 Å². The fourth-order valence-electron chi connectivity index (χ4n) is 2.75. The Kier molecular flexibility index (Phi) is 7.37. The van der Waals surface area contributed by atoms with Crippen LogP contribution < -0.4 is 10.0 Å². The third-order valence-corrected chi connectivity index (χ3v) is 5.74. The highest BCUT2D eigenvalue weighted by Crippen LogP contribution is 2.17. The molecule has 140 valence electrons. The first-order valence-electron chi connectivity index (χ1n) is 8.64. The first kappa shape index (κ1) is 19.8. The van der Waals surface area contributed by atoms with Gasteiger partial charge in [-0.1, -0.05) is 6.07 Å².